The average Bonchev–Trinajstić information content (AvgIpc) is 3.00. The molecule has 8 nitrogen and oxygen atoms in total. The molecule has 192 valence electrons. The van der Waals surface area contributed by atoms with Gasteiger partial charge in [-0.2, -0.15) is 0 Å². The molecule has 0 aliphatic carbocycles. The van der Waals surface area contributed by atoms with Crippen LogP contribution in [0.15, 0.2) is 42.5 Å². The number of ether oxygens (including phenoxy) is 1. The Balaban J connectivity index is 1.81. The van der Waals surface area contributed by atoms with Gasteiger partial charge in [-0.3, -0.25) is 9.69 Å². The number of thiocarbonyl (C=S) groups is 1. The lowest BCUT2D eigenvalue weighted by molar-refractivity contribution is -0.131. The van der Waals surface area contributed by atoms with Crippen molar-refractivity contribution in [3.8, 4) is 5.75 Å². The summed E-state index contributed by atoms with van der Waals surface area (Å²) in [4.78, 5) is 39.6. The van der Waals surface area contributed by atoms with E-state index in [-0.39, 0.29) is 30.6 Å². The number of aromatic carboxylic acids is 1. The second kappa shape index (κ2) is 12.7. The van der Waals surface area contributed by atoms with Crippen molar-refractivity contribution in [2.75, 3.05) is 20.2 Å². The van der Waals surface area contributed by atoms with Gasteiger partial charge in [0.2, 0.25) is 5.91 Å². The highest BCUT2D eigenvalue weighted by molar-refractivity contribution is 7.80. The Kier molecular flexibility index (Phi) is 9.66. The third kappa shape index (κ3) is 6.95. The highest BCUT2D eigenvalue weighted by Gasteiger charge is 2.34. The lowest BCUT2D eigenvalue weighted by Gasteiger charge is -2.26. The Morgan fingerprint density at radius 2 is 2.00 bits per heavy atom. The number of hydrogen-bond acceptors (Lipinski definition) is 5. The Morgan fingerprint density at radius 3 is 2.64 bits per heavy atom. The van der Waals surface area contributed by atoms with Crippen molar-refractivity contribution in [2.24, 2.45) is 5.92 Å². The third-order valence-corrected chi connectivity index (χ3v) is 6.63. The van der Waals surface area contributed by atoms with Crippen LogP contribution in [0.5, 0.6) is 5.75 Å². The average molecular weight is 532 g/mol. The van der Waals surface area contributed by atoms with E-state index in [4.69, 9.17) is 28.6 Å². The zero-order chi connectivity index (χ0) is 26.2. The van der Waals surface area contributed by atoms with Gasteiger partial charge >= 0.3 is 12.0 Å². The van der Waals surface area contributed by atoms with Crippen LogP contribution in [0.3, 0.4) is 0 Å². The minimum atomic E-state index is -1.02. The maximum atomic E-state index is 13.5. The maximum absolute atomic E-state index is 13.5. The van der Waals surface area contributed by atoms with E-state index < -0.39 is 17.9 Å². The fourth-order valence-corrected chi connectivity index (χ4v) is 4.55. The van der Waals surface area contributed by atoms with Crippen LogP contribution < -0.4 is 15.4 Å². The molecule has 2 aromatic carbocycles. The van der Waals surface area contributed by atoms with Crippen LogP contribution in [-0.4, -0.2) is 53.1 Å². The molecule has 1 aliphatic heterocycles. The van der Waals surface area contributed by atoms with Crippen molar-refractivity contribution in [1.82, 2.24) is 15.5 Å². The van der Waals surface area contributed by atoms with Gasteiger partial charge in [-0.15, -0.1) is 0 Å². The summed E-state index contributed by atoms with van der Waals surface area (Å²) in [6, 6.07) is 10.7. The van der Waals surface area contributed by atoms with Crippen LogP contribution in [0.1, 0.15) is 53.7 Å². The first-order valence-electron chi connectivity index (χ1n) is 11.8. The van der Waals surface area contributed by atoms with E-state index in [9.17, 15) is 19.5 Å². The maximum Gasteiger partial charge on any atom is 0.335 e. The number of nitrogens with zero attached hydrogens (tertiary/aromatic N) is 1. The summed E-state index contributed by atoms with van der Waals surface area (Å²) >= 11 is 11.5. The molecule has 0 bridgehead atoms. The number of carboxylic acids is 1. The first kappa shape index (κ1) is 27.4. The van der Waals surface area contributed by atoms with Crippen molar-refractivity contribution < 1.29 is 24.2 Å². The second-order valence-electron chi connectivity index (χ2n) is 8.66. The van der Waals surface area contributed by atoms with Crippen molar-refractivity contribution in [3.05, 3.63) is 64.2 Å². The monoisotopic (exact) mass is 531 g/mol. The van der Waals surface area contributed by atoms with E-state index in [0.717, 1.165) is 28.9 Å². The quantitative estimate of drug-likeness (QED) is 0.406. The molecule has 1 heterocycles. The molecule has 1 aliphatic rings. The number of unbranched alkanes of at least 4 members (excludes halogenated alkanes) is 1. The molecule has 1 saturated heterocycles. The number of carbonyl (C=O) groups excluding carboxylic acids is 2. The second-order valence-corrected chi connectivity index (χ2v) is 9.59. The lowest BCUT2D eigenvalue weighted by Crippen LogP contribution is -2.48. The Labute approximate surface area is 221 Å². The molecule has 1 fully saturated rings. The molecular weight excluding hydrogens is 502 g/mol. The van der Waals surface area contributed by atoms with Crippen molar-refractivity contribution >= 4 is 46.7 Å². The standard InChI is InChI=1S/C26H30ClN3O5S/c1-3-4-5-21(16-6-8-17(9-7-16)25(32)33)29-26(34)30-15-23(36)28-14-19(24(30)31)12-18-13-20(27)10-11-22(18)35-2/h6-11,13,19,21H,3-5,12,14-15H2,1-2H3,(H,28,36)(H,29,34)(H,32,33)/t19-,21+/m0/s1. The van der Waals surface area contributed by atoms with Crippen molar-refractivity contribution in [3.63, 3.8) is 0 Å². The van der Waals surface area contributed by atoms with Gasteiger partial charge in [0.15, 0.2) is 0 Å². The van der Waals surface area contributed by atoms with Gasteiger partial charge in [0, 0.05) is 11.6 Å². The molecule has 0 saturated carbocycles. The van der Waals surface area contributed by atoms with Crippen LogP contribution in [0.4, 0.5) is 4.79 Å². The van der Waals surface area contributed by atoms with Crippen LogP contribution in [0, 0.1) is 5.92 Å². The van der Waals surface area contributed by atoms with Gasteiger partial charge in [-0.25, -0.2) is 9.59 Å². The topological polar surface area (TPSA) is 108 Å². The molecule has 3 N–H and O–H groups in total. The van der Waals surface area contributed by atoms with E-state index >= 15 is 0 Å². The summed E-state index contributed by atoms with van der Waals surface area (Å²) in [7, 11) is 1.55. The van der Waals surface area contributed by atoms with E-state index in [1.54, 1.807) is 37.4 Å². The molecule has 2 aromatic rings. The normalized spacial score (nSPS) is 16.6. The minimum Gasteiger partial charge on any atom is -0.496 e. The largest absolute Gasteiger partial charge is 0.496 e. The van der Waals surface area contributed by atoms with Gasteiger partial charge in [-0.1, -0.05) is 55.7 Å². The van der Waals surface area contributed by atoms with Crippen LogP contribution in [-0.2, 0) is 11.2 Å². The number of carbonyl (C=O) groups is 3. The lowest BCUT2D eigenvalue weighted by atomic mass is 9.97. The smallest absolute Gasteiger partial charge is 0.335 e. The van der Waals surface area contributed by atoms with Gasteiger partial charge in [0.25, 0.3) is 0 Å². The summed E-state index contributed by atoms with van der Waals surface area (Å²) in [6.07, 6.45) is 2.72. The van der Waals surface area contributed by atoms with Crippen LogP contribution in [0.2, 0.25) is 5.02 Å². The van der Waals surface area contributed by atoms with Gasteiger partial charge < -0.3 is 20.5 Å². The summed E-state index contributed by atoms with van der Waals surface area (Å²) < 4.78 is 5.42. The molecule has 0 aromatic heterocycles. The molecule has 3 amide bonds. The van der Waals surface area contributed by atoms with E-state index in [2.05, 4.69) is 10.6 Å². The number of nitrogens with one attached hydrogen (secondary N) is 2. The van der Waals surface area contributed by atoms with Crippen molar-refractivity contribution in [2.45, 2.75) is 38.6 Å². The Morgan fingerprint density at radius 1 is 1.28 bits per heavy atom. The number of amides is 3. The van der Waals surface area contributed by atoms with Gasteiger partial charge in [-0.05, 0) is 54.3 Å². The van der Waals surface area contributed by atoms with Gasteiger partial charge in [0.1, 0.15) is 5.75 Å². The number of halogens is 1. The molecule has 36 heavy (non-hydrogen) atoms. The molecule has 0 spiro atoms. The molecular formula is C26H30ClN3O5S. The van der Waals surface area contributed by atoms with Crippen LogP contribution in [0.25, 0.3) is 0 Å². The third-order valence-electron chi connectivity index (χ3n) is 6.12. The minimum absolute atomic E-state index is 0.0262. The SMILES string of the molecule is CCCC[C@@H](NC(=O)N1CC(=S)NC[C@H](Cc2cc(Cl)ccc2OC)C1=O)c1ccc(C(=O)O)cc1. The number of rotatable bonds is 9. The number of imide groups is 1. The Hall–Kier alpha value is -3.17. The molecule has 0 unspecified atom stereocenters. The zero-order valence-corrected chi connectivity index (χ0v) is 21.8. The predicted molar refractivity (Wildman–Crippen MR) is 142 cm³/mol. The number of carboxylic acid groups (broad SMARTS) is 1. The first-order valence-corrected chi connectivity index (χ1v) is 12.6. The summed E-state index contributed by atoms with van der Waals surface area (Å²) in [5.74, 6) is -1.32. The Bertz CT molecular complexity index is 1130. The predicted octanol–water partition coefficient (Wildman–Crippen LogP) is 4.61. The fraction of sp³-hybridized carbons (Fsp3) is 0.385. The first-order chi connectivity index (χ1) is 17.2. The molecule has 2 atom stereocenters. The van der Waals surface area contributed by atoms with E-state index in [0.29, 0.717) is 28.6 Å². The van der Waals surface area contributed by atoms with Crippen LogP contribution >= 0.6 is 23.8 Å². The van der Waals surface area contributed by atoms with Crippen molar-refractivity contribution in [1.29, 1.82) is 0 Å². The summed E-state index contributed by atoms with van der Waals surface area (Å²) in [5.41, 5.74) is 1.69. The molecule has 0 radical (unpaired) electrons. The summed E-state index contributed by atoms with van der Waals surface area (Å²) in [5, 5.41) is 15.8. The van der Waals surface area contributed by atoms with E-state index in [1.165, 1.54) is 12.1 Å². The summed E-state index contributed by atoms with van der Waals surface area (Å²) in [6.45, 7) is 2.30. The highest BCUT2D eigenvalue weighted by atomic mass is 35.5. The highest BCUT2D eigenvalue weighted by Crippen LogP contribution is 2.27. The fourth-order valence-electron chi connectivity index (χ4n) is 4.14. The number of hydrogen-bond donors (Lipinski definition) is 3. The zero-order valence-electron chi connectivity index (χ0n) is 20.3. The van der Waals surface area contributed by atoms with E-state index in [1.807, 2.05) is 6.92 Å². The number of benzene rings is 2. The molecule has 10 heteroatoms. The number of urea groups is 1. The number of methoxy groups -OCH3 is 1. The molecule has 3 rings (SSSR count). The van der Waals surface area contributed by atoms with Gasteiger partial charge in [0.05, 0.1) is 36.2 Å².